The fourth-order valence-corrected chi connectivity index (χ4v) is 2.90. The number of ketones is 1. The second-order valence-corrected chi connectivity index (χ2v) is 6.95. The molecule has 3 rings (SSSR count). The van der Waals surface area contributed by atoms with E-state index < -0.39 is 11.7 Å². The number of likely N-dealkylation sites (N-methyl/N-ethyl adjacent to an activating group) is 1. The Morgan fingerprint density at radius 1 is 1.11 bits per heavy atom. The fraction of sp³-hybridized carbons (Fsp3) is 0.273. The summed E-state index contributed by atoms with van der Waals surface area (Å²) in [4.78, 5) is 29.9. The summed E-state index contributed by atoms with van der Waals surface area (Å²) in [5.74, 6) is -0.435. The van der Waals surface area contributed by atoms with Crippen LogP contribution in [0.2, 0.25) is 0 Å². The predicted octanol–water partition coefficient (Wildman–Crippen LogP) is 4.10. The van der Waals surface area contributed by atoms with Crippen LogP contribution in [-0.2, 0) is 11.4 Å². The Balaban J connectivity index is 1.99. The molecule has 0 spiro atoms. The number of hydrogen-bond acceptors (Lipinski definition) is 3. The van der Waals surface area contributed by atoms with Crippen LogP contribution in [0, 0.1) is 6.92 Å². The molecule has 0 atom stereocenters. The summed E-state index contributed by atoms with van der Waals surface area (Å²) in [6, 6.07) is 13.6. The maximum absolute atomic E-state index is 12.8. The molecule has 1 amide bonds. The third-order valence-electron chi connectivity index (χ3n) is 4.76. The van der Waals surface area contributed by atoms with Crippen molar-refractivity contribution in [3.8, 4) is 5.75 Å². The number of aromatic nitrogens is 1. The minimum atomic E-state index is -0.535. The second-order valence-electron chi connectivity index (χ2n) is 6.95. The van der Waals surface area contributed by atoms with Crippen molar-refractivity contribution in [2.24, 2.45) is 0 Å². The molecule has 0 aliphatic rings. The lowest BCUT2D eigenvalue weighted by molar-refractivity contribution is -0.126. The monoisotopic (exact) mass is 364 g/mol. The fourth-order valence-electron chi connectivity index (χ4n) is 2.90. The Morgan fingerprint density at radius 2 is 1.81 bits per heavy atom. The minimum absolute atomic E-state index is 0.0535. The molecular weight excluding hydrogens is 340 g/mol. The van der Waals surface area contributed by atoms with Crippen LogP contribution in [0.25, 0.3) is 10.9 Å². The number of hydrogen-bond donors (Lipinski definition) is 1. The maximum Gasteiger partial charge on any atom is 0.295 e. The molecule has 1 aromatic heterocycles. The summed E-state index contributed by atoms with van der Waals surface area (Å²) in [6.45, 7) is 6.07. The van der Waals surface area contributed by atoms with Gasteiger partial charge in [0.25, 0.3) is 11.7 Å². The Hall–Kier alpha value is -3.08. The van der Waals surface area contributed by atoms with Crippen molar-refractivity contribution in [2.75, 3.05) is 7.05 Å². The van der Waals surface area contributed by atoms with Crippen LogP contribution in [0.5, 0.6) is 5.75 Å². The first-order chi connectivity index (χ1) is 12.9. The molecule has 0 saturated carbocycles. The summed E-state index contributed by atoms with van der Waals surface area (Å²) >= 11 is 0. The van der Waals surface area contributed by atoms with Gasteiger partial charge in [0.1, 0.15) is 12.4 Å². The van der Waals surface area contributed by atoms with Gasteiger partial charge in [-0.25, -0.2) is 0 Å². The van der Waals surface area contributed by atoms with Crippen LogP contribution in [0.1, 0.15) is 35.3 Å². The zero-order valence-electron chi connectivity index (χ0n) is 16.1. The van der Waals surface area contributed by atoms with E-state index in [9.17, 15) is 9.59 Å². The first-order valence-electron chi connectivity index (χ1n) is 8.99. The van der Waals surface area contributed by atoms with Gasteiger partial charge in [-0.1, -0.05) is 36.4 Å². The zero-order valence-corrected chi connectivity index (χ0v) is 16.1. The molecule has 27 heavy (non-hydrogen) atoms. The average molecular weight is 364 g/mol. The highest BCUT2D eigenvalue weighted by molar-refractivity contribution is 6.45. The molecule has 0 unspecified atom stereocenters. The highest BCUT2D eigenvalue weighted by atomic mass is 16.5. The third-order valence-corrected chi connectivity index (χ3v) is 4.76. The molecule has 0 saturated heterocycles. The molecule has 1 N–H and O–H groups in total. The van der Waals surface area contributed by atoms with Gasteiger partial charge in [0.15, 0.2) is 0 Å². The molecule has 0 bridgehead atoms. The number of ether oxygens (including phenoxy) is 1. The lowest BCUT2D eigenvalue weighted by Gasteiger charge is -2.20. The number of fused-ring (bicyclic) bond motifs is 1. The lowest BCUT2D eigenvalue weighted by Crippen LogP contribution is -2.38. The summed E-state index contributed by atoms with van der Waals surface area (Å²) in [5, 5.41) is 0.654. The highest BCUT2D eigenvalue weighted by Crippen LogP contribution is 2.33. The van der Waals surface area contributed by atoms with Gasteiger partial charge in [-0.05, 0) is 38.0 Å². The van der Waals surface area contributed by atoms with E-state index in [0.29, 0.717) is 23.3 Å². The normalized spacial score (nSPS) is 11.0. The van der Waals surface area contributed by atoms with Crippen molar-refractivity contribution in [3.63, 3.8) is 0 Å². The molecule has 1 heterocycles. The molecule has 0 radical (unpaired) electrons. The number of nitrogens with one attached hydrogen (secondary N) is 1. The number of amides is 1. The molecule has 0 aliphatic carbocycles. The SMILES string of the molecule is Cc1ccc2[nH]cc(C(=O)C(=O)N(C)C(C)C)c2c1OCc1ccccc1. The van der Waals surface area contributed by atoms with Gasteiger partial charge in [0, 0.05) is 24.8 Å². The molecule has 140 valence electrons. The Kier molecular flexibility index (Phi) is 5.31. The number of nitrogens with zero attached hydrogens (tertiary/aromatic N) is 1. The summed E-state index contributed by atoms with van der Waals surface area (Å²) in [5.41, 5.74) is 3.06. The van der Waals surface area contributed by atoms with E-state index in [1.165, 1.54) is 4.90 Å². The number of Topliss-reactive ketones (excluding diaryl/α,β-unsaturated/α-hetero) is 1. The van der Waals surface area contributed by atoms with E-state index in [2.05, 4.69) is 4.98 Å². The molecule has 0 fully saturated rings. The maximum atomic E-state index is 12.8. The largest absolute Gasteiger partial charge is 0.488 e. The van der Waals surface area contributed by atoms with Crippen molar-refractivity contribution in [2.45, 2.75) is 33.4 Å². The van der Waals surface area contributed by atoms with Crippen LogP contribution in [0.3, 0.4) is 0 Å². The van der Waals surface area contributed by atoms with Crippen molar-refractivity contribution >= 4 is 22.6 Å². The summed E-state index contributed by atoms with van der Waals surface area (Å²) in [6.07, 6.45) is 1.59. The molecule has 0 aliphatic heterocycles. The van der Waals surface area contributed by atoms with E-state index in [4.69, 9.17) is 4.74 Å². The first-order valence-corrected chi connectivity index (χ1v) is 8.99. The van der Waals surface area contributed by atoms with Crippen molar-refractivity contribution in [1.82, 2.24) is 9.88 Å². The van der Waals surface area contributed by atoms with Crippen LogP contribution < -0.4 is 4.74 Å². The van der Waals surface area contributed by atoms with E-state index in [1.807, 2.05) is 63.2 Å². The quantitative estimate of drug-likeness (QED) is 0.529. The summed E-state index contributed by atoms with van der Waals surface area (Å²) in [7, 11) is 1.64. The van der Waals surface area contributed by atoms with Gasteiger partial charge < -0.3 is 14.6 Å². The van der Waals surface area contributed by atoms with Gasteiger partial charge in [-0.3, -0.25) is 9.59 Å². The number of rotatable bonds is 6. The topological polar surface area (TPSA) is 62.4 Å². The Bertz CT molecular complexity index is 974. The Morgan fingerprint density at radius 3 is 2.48 bits per heavy atom. The van der Waals surface area contributed by atoms with E-state index in [1.54, 1.807) is 13.2 Å². The highest BCUT2D eigenvalue weighted by Gasteiger charge is 2.26. The van der Waals surface area contributed by atoms with Crippen LogP contribution >= 0.6 is 0 Å². The van der Waals surface area contributed by atoms with Crippen LogP contribution in [0.4, 0.5) is 0 Å². The smallest absolute Gasteiger partial charge is 0.295 e. The number of aryl methyl sites for hydroxylation is 1. The van der Waals surface area contributed by atoms with Gasteiger partial charge in [0.2, 0.25) is 0 Å². The average Bonchev–Trinajstić information content (AvgIpc) is 3.10. The van der Waals surface area contributed by atoms with Gasteiger partial charge in [0.05, 0.1) is 10.9 Å². The van der Waals surface area contributed by atoms with Crippen molar-refractivity contribution < 1.29 is 14.3 Å². The molecule has 5 nitrogen and oxygen atoms in total. The molecule has 3 aromatic rings. The number of aromatic amines is 1. The first kappa shape index (κ1) is 18.7. The third kappa shape index (κ3) is 3.72. The standard InChI is InChI=1S/C22H24N2O3/c1-14(2)24(4)22(26)20(25)17-12-23-18-11-10-15(3)21(19(17)18)27-13-16-8-6-5-7-9-16/h5-12,14,23H,13H2,1-4H3. The lowest BCUT2D eigenvalue weighted by atomic mass is 10.0. The van der Waals surface area contributed by atoms with E-state index >= 15 is 0 Å². The van der Waals surface area contributed by atoms with Crippen LogP contribution in [0.15, 0.2) is 48.7 Å². The van der Waals surface area contributed by atoms with Crippen molar-refractivity contribution in [3.05, 3.63) is 65.4 Å². The van der Waals surface area contributed by atoms with Gasteiger partial charge in [-0.2, -0.15) is 0 Å². The number of carbonyl (C=O) groups is 2. The van der Waals surface area contributed by atoms with E-state index in [0.717, 1.165) is 16.6 Å². The van der Waals surface area contributed by atoms with Crippen molar-refractivity contribution in [1.29, 1.82) is 0 Å². The summed E-state index contributed by atoms with van der Waals surface area (Å²) < 4.78 is 6.08. The zero-order chi connectivity index (χ0) is 19.6. The minimum Gasteiger partial charge on any atom is -0.488 e. The second kappa shape index (κ2) is 7.66. The molecule has 2 aromatic carbocycles. The number of carbonyl (C=O) groups excluding carboxylic acids is 2. The predicted molar refractivity (Wildman–Crippen MR) is 106 cm³/mol. The number of H-pyrrole nitrogens is 1. The molecule has 5 heteroatoms. The van der Waals surface area contributed by atoms with E-state index in [-0.39, 0.29) is 6.04 Å². The van der Waals surface area contributed by atoms with Gasteiger partial charge >= 0.3 is 0 Å². The Labute approximate surface area is 158 Å². The molecular formula is C22H24N2O3. The van der Waals surface area contributed by atoms with Gasteiger partial charge in [-0.15, -0.1) is 0 Å². The number of benzene rings is 2. The van der Waals surface area contributed by atoms with Crippen LogP contribution in [-0.4, -0.2) is 34.7 Å².